The molecule has 0 bridgehead atoms. The van der Waals surface area contributed by atoms with E-state index in [1.54, 1.807) is 71.0 Å². The Morgan fingerprint density at radius 3 is 2.30 bits per heavy atom. The Labute approximate surface area is 256 Å². The van der Waals surface area contributed by atoms with Gasteiger partial charge in [-0.05, 0) is 83.0 Å². The molecule has 0 spiro atoms. The van der Waals surface area contributed by atoms with Gasteiger partial charge in [0.2, 0.25) is 0 Å². The Kier molecular flexibility index (Phi) is 11.6. The summed E-state index contributed by atoms with van der Waals surface area (Å²) in [4.78, 5) is 68.5. The SMILES string of the molecule is CCOC(=O)CC[C@H](NC(=O)c1ccc(N(C)Cc2ccc3ncn(COC(=O)C(C)(C)C)c(=O)c3c2)cc1)C(=O)OCC. The molecule has 0 radical (unpaired) electrons. The van der Waals surface area contributed by atoms with Gasteiger partial charge in [0.05, 0.1) is 29.5 Å². The molecule has 3 rings (SSSR count). The Balaban J connectivity index is 1.68. The van der Waals surface area contributed by atoms with E-state index in [1.165, 1.54) is 10.9 Å². The molecule has 0 aliphatic carbocycles. The van der Waals surface area contributed by atoms with Crippen molar-refractivity contribution < 1.29 is 33.4 Å². The second-order valence-electron chi connectivity index (χ2n) is 11.2. The lowest BCUT2D eigenvalue weighted by Crippen LogP contribution is -2.42. The first-order valence-corrected chi connectivity index (χ1v) is 14.4. The molecular formula is C32H40N4O8. The quantitative estimate of drug-likeness (QED) is 0.226. The highest BCUT2D eigenvalue weighted by atomic mass is 16.5. The average molecular weight is 609 g/mol. The fourth-order valence-corrected chi connectivity index (χ4v) is 4.20. The predicted octanol–water partition coefficient (Wildman–Crippen LogP) is 3.58. The number of rotatable bonds is 13. The average Bonchev–Trinajstić information content (AvgIpc) is 2.98. The summed E-state index contributed by atoms with van der Waals surface area (Å²) < 4.78 is 16.5. The Bertz CT molecular complexity index is 1540. The number of carbonyl (C=O) groups excluding carboxylic acids is 4. The van der Waals surface area contributed by atoms with Gasteiger partial charge in [-0.2, -0.15) is 0 Å². The maximum atomic E-state index is 13.1. The van der Waals surface area contributed by atoms with Crippen LogP contribution in [0, 0.1) is 5.41 Å². The second kappa shape index (κ2) is 15.1. The summed E-state index contributed by atoms with van der Waals surface area (Å²) in [7, 11) is 1.87. The molecule has 1 N–H and O–H groups in total. The third-order valence-electron chi connectivity index (χ3n) is 6.64. The molecule has 0 fully saturated rings. The van der Waals surface area contributed by atoms with Crippen LogP contribution in [0.1, 0.15) is 63.4 Å². The zero-order valence-corrected chi connectivity index (χ0v) is 26.0. The summed E-state index contributed by atoms with van der Waals surface area (Å²) >= 11 is 0. The zero-order chi connectivity index (χ0) is 32.4. The Hall–Kier alpha value is -4.74. The molecule has 0 saturated carbocycles. The van der Waals surface area contributed by atoms with Crippen LogP contribution in [0.3, 0.4) is 0 Å². The van der Waals surface area contributed by atoms with Crippen LogP contribution in [0.25, 0.3) is 10.9 Å². The summed E-state index contributed by atoms with van der Waals surface area (Å²) in [6.07, 6.45) is 1.38. The molecule has 236 valence electrons. The molecule has 44 heavy (non-hydrogen) atoms. The number of hydrogen-bond acceptors (Lipinski definition) is 10. The molecule has 1 amide bonds. The monoisotopic (exact) mass is 608 g/mol. The third kappa shape index (κ3) is 9.13. The summed E-state index contributed by atoms with van der Waals surface area (Å²) in [5.74, 6) is -1.98. The van der Waals surface area contributed by atoms with Crippen LogP contribution in [0.2, 0.25) is 0 Å². The minimum Gasteiger partial charge on any atom is -0.466 e. The Morgan fingerprint density at radius 2 is 1.66 bits per heavy atom. The molecule has 0 aliphatic rings. The van der Waals surface area contributed by atoms with E-state index < -0.39 is 35.3 Å². The summed E-state index contributed by atoms with van der Waals surface area (Å²) in [6, 6.07) is 11.2. The number of hydrogen-bond donors (Lipinski definition) is 1. The van der Waals surface area contributed by atoms with Crippen LogP contribution < -0.4 is 15.8 Å². The molecule has 2 aromatic carbocycles. The number of ether oxygens (including phenoxy) is 3. The van der Waals surface area contributed by atoms with E-state index in [1.807, 2.05) is 18.0 Å². The largest absolute Gasteiger partial charge is 0.466 e. The molecule has 1 atom stereocenters. The van der Waals surface area contributed by atoms with Crippen molar-refractivity contribution in [3.8, 4) is 0 Å². The van der Waals surface area contributed by atoms with Crippen molar-refractivity contribution in [3.05, 3.63) is 70.3 Å². The maximum absolute atomic E-state index is 13.1. The van der Waals surface area contributed by atoms with Gasteiger partial charge in [0.25, 0.3) is 11.5 Å². The number of nitrogens with one attached hydrogen (secondary N) is 1. The highest BCUT2D eigenvalue weighted by molar-refractivity contribution is 5.97. The third-order valence-corrected chi connectivity index (χ3v) is 6.64. The van der Waals surface area contributed by atoms with E-state index in [0.717, 1.165) is 11.3 Å². The number of carbonyl (C=O) groups is 4. The summed E-state index contributed by atoms with van der Waals surface area (Å²) in [6.45, 7) is 9.15. The lowest BCUT2D eigenvalue weighted by molar-refractivity contribution is -0.157. The van der Waals surface area contributed by atoms with Crippen LogP contribution in [0.5, 0.6) is 0 Å². The number of aromatic nitrogens is 2. The molecule has 1 aromatic heterocycles. The maximum Gasteiger partial charge on any atom is 0.328 e. The van der Waals surface area contributed by atoms with Crippen LogP contribution in [-0.4, -0.2) is 59.7 Å². The zero-order valence-electron chi connectivity index (χ0n) is 26.0. The van der Waals surface area contributed by atoms with Crippen molar-refractivity contribution in [2.24, 2.45) is 5.41 Å². The number of anilines is 1. The first-order valence-electron chi connectivity index (χ1n) is 14.4. The number of amides is 1. The molecule has 3 aromatic rings. The predicted molar refractivity (Wildman–Crippen MR) is 164 cm³/mol. The van der Waals surface area contributed by atoms with Crippen molar-refractivity contribution in [2.45, 2.75) is 66.8 Å². The van der Waals surface area contributed by atoms with Gasteiger partial charge in [0.1, 0.15) is 12.4 Å². The molecule has 1 heterocycles. The van der Waals surface area contributed by atoms with E-state index >= 15 is 0 Å². The molecule has 12 heteroatoms. The fourth-order valence-electron chi connectivity index (χ4n) is 4.20. The van der Waals surface area contributed by atoms with E-state index in [9.17, 15) is 24.0 Å². The second-order valence-corrected chi connectivity index (χ2v) is 11.2. The van der Waals surface area contributed by atoms with Crippen molar-refractivity contribution in [1.82, 2.24) is 14.9 Å². The minimum absolute atomic E-state index is 0.0370. The van der Waals surface area contributed by atoms with Gasteiger partial charge in [0, 0.05) is 31.3 Å². The van der Waals surface area contributed by atoms with E-state index in [4.69, 9.17) is 14.2 Å². The first-order chi connectivity index (χ1) is 20.8. The van der Waals surface area contributed by atoms with Gasteiger partial charge < -0.3 is 24.4 Å². The van der Waals surface area contributed by atoms with Gasteiger partial charge >= 0.3 is 17.9 Å². The van der Waals surface area contributed by atoms with Crippen molar-refractivity contribution >= 4 is 40.4 Å². The number of esters is 3. The van der Waals surface area contributed by atoms with Gasteiger partial charge in [0.15, 0.2) is 6.73 Å². The van der Waals surface area contributed by atoms with Crippen LogP contribution >= 0.6 is 0 Å². The van der Waals surface area contributed by atoms with E-state index in [0.29, 0.717) is 23.0 Å². The molecule has 0 saturated heterocycles. The van der Waals surface area contributed by atoms with Gasteiger partial charge in [-0.3, -0.25) is 23.7 Å². The smallest absolute Gasteiger partial charge is 0.328 e. The topological polar surface area (TPSA) is 146 Å². The highest BCUT2D eigenvalue weighted by Crippen LogP contribution is 2.19. The highest BCUT2D eigenvalue weighted by Gasteiger charge is 2.25. The number of fused-ring (bicyclic) bond motifs is 1. The van der Waals surface area contributed by atoms with Crippen LogP contribution in [0.15, 0.2) is 53.6 Å². The molecule has 0 aliphatic heterocycles. The summed E-state index contributed by atoms with van der Waals surface area (Å²) in [5.41, 5.74) is 1.51. The molecular weight excluding hydrogens is 568 g/mol. The first kappa shape index (κ1) is 33.8. The fraction of sp³-hybridized carbons (Fsp3) is 0.438. The van der Waals surface area contributed by atoms with Crippen molar-refractivity contribution in [3.63, 3.8) is 0 Å². The lowest BCUT2D eigenvalue weighted by Gasteiger charge is -2.20. The van der Waals surface area contributed by atoms with E-state index in [-0.39, 0.29) is 38.3 Å². The van der Waals surface area contributed by atoms with Crippen molar-refractivity contribution in [2.75, 3.05) is 25.2 Å². The van der Waals surface area contributed by atoms with Gasteiger partial charge in [-0.15, -0.1) is 0 Å². The number of nitrogens with zero attached hydrogens (tertiary/aromatic N) is 3. The summed E-state index contributed by atoms with van der Waals surface area (Å²) in [5, 5.41) is 3.05. The lowest BCUT2D eigenvalue weighted by atomic mass is 9.98. The Morgan fingerprint density at radius 1 is 0.977 bits per heavy atom. The number of benzene rings is 2. The molecule has 0 unspecified atom stereocenters. The van der Waals surface area contributed by atoms with Crippen LogP contribution in [0.4, 0.5) is 5.69 Å². The molecule has 12 nitrogen and oxygen atoms in total. The normalized spacial score (nSPS) is 11.9. The van der Waals surface area contributed by atoms with E-state index in [2.05, 4.69) is 10.3 Å². The van der Waals surface area contributed by atoms with Crippen molar-refractivity contribution in [1.29, 1.82) is 0 Å². The van der Waals surface area contributed by atoms with Gasteiger partial charge in [-0.25, -0.2) is 9.78 Å². The standard InChI is InChI=1S/C32H40N4O8/c1-7-42-27(37)16-15-26(30(40)43-8-2)34-28(38)22-10-12-23(13-11-22)35(6)18-21-9-14-25-24(17-21)29(39)36(19-33-25)20-44-31(41)32(3,4)5/h9-14,17,19,26H,7-8,15-16,18,20H2,1-6H3,(H,34,38)/t26-/m0/s1. The van der Waals surface area contributed by atoms with Gasteiger partial charge in [-0.1, -0.05) is 6.07 Å². The minimum atomic E-state index is -0.994. The van der Waals surface area contributed by atoms with Crippen LogP contribution in [-0.2, 0) is 41.9 Å².